The van der Waals surface area contributed by atoms with E-state index in [0.29, 0.717) is 31.2 Å². The fraction of sp³-hybridized carbons (Fsp3) is 0.391. The number of methoxy groups -OCH3 is 1. The van der Waals surface area contributed by atoms with E-state index in [2.05, 4.69) is 0 Å². The van der Waals surface area contributed by atoms with Crippen LogP contribution < -0.4 is 14.2 Å². The van der Waals surface area contributed by atoms with Gasteiger partial charge in [0.25, 0.3) is 0 Å². The lowest BCUT2D eigenvalue weighted by Crippen LogP contribution is -2.44. The number of halogens is 1. The number of rotatable bonds is 6. The normalized spacial score (nSPS) is 18.6. The molecule has 6 nitrogen and oxygen atoms in total. The maximum Gasteiger partial charge on any atom is 0.308 e. The Morgan fingerprint density at radius 2 is 1.83 bits per heavy atom. The Kier molecular flexibility index (Phi) is 6.92. The lowest BCUT2D eigenvalue weighted by molar-refractivity contribution is -0.132. The van der Waals surface area contributed by atoms with Gasteiger partial charge in [-0.25, -0.2) is 4.39 Å². The second-order valence-corrected chi connectivity index (χ2v) is 7.39. The lowest BCUT2D eigenvalue weighted by atomic mass is 9.81. The van der Waals surface area contributed by atoms with Gasteiger partial charge in [-0.05, 0) is 42.2 Å². The van der Waals surface area contributed by atoms with Crippen LogP contribution in [0.1, 0.15) is 31.7 Å². The minimum absolute atomic E-state index is 0.0270. The molecule has 0 bridgehead atoms. The third kappa shape index (κ3) is 5.28. The number of esters is 1. The van der Waals surface area contributed by atoms with Crippen LogP contribution in [0.5, 0.6) is 17.2 Å². The van der Waals surface area contributed by atoms with E-state index in [9.17, 15) is 14.0 Å². The number of nitrogens with zero attached hydrogens (tertiary/aromatic N) is 1. The lowest BCUT2D eigenvalue weighted by Gasteiger charge is -2.38. The molecule has 0 N–H and O–H groups in total. The number of benzene rings is 2. The van der Waals surface area contributed by atoms with Gasteiger partial charge in [0.2, 0.25) is 5.91 Å². The molecule has 0 aromatic heterocycles. The van der Waals surface area contributed by atoms with Crippen molar-refractivity contribution in [3.05, 3.63) is 53.8 Å². The van der Waals surface area contributed by atoms with Crippen molar-refractivity contribution in [3.63, 3.8) is 0 Å². The summed E-state index contributed by atoms with van der Waals surface area (Å²) in [6, 6.07) is 11.5. The number of hydrogen-bond acceptors (Lipinski definition) is 5. The Bertz CT molecular complexity index is 899. The van der Waals surface area contributed by atoms with Gasteiger partial charge in [0.05, 0.1) is 13.7 Å². The number of likely N-dealkylation sites (tertiary alicyclic amines) is 1. The van der Waals surface area contributed by atoms with E-state index < -0.39 is 5.97 Å². The van der Waals surface area contributed by atoms with E-state index in [4.69, 9.17) is 14.2 Å². The van der Waals surface area contributed by atoms with Crippen LogP contribution in [0.25, 0.3) is 0 Å². The summed E-state index contributed by atoms with van der Waals surface area (Å²) in [5.74, 6) is 0.729. The number of carbonyl (C=O) groups excluding carboxylic acids is 2. The van der Waals surface area contributed by atoms with E-state index in [1.807, 2.05) is 4.90 Å². The zero-order valence-electron chi connectivity index (χ0n) is 17.4. The smallest absolute Gasteiger partial charge is 0.308 e. The van der Waals surface area contributed by atoms with Crippen molar-refractivity contribution in [2.45, 2.75) is 26.2 Å². The van der Waals surface area contributed by atoms with Gasteiger partial charge >= 0.3 is 5.97 Å². The topological polar surface area (TPSA) is 65.1 Å². The van der Waals surface area contributed by atoms with Crippen LogP contribution in [0.2, 0.25) is 0 Å². The number of amides is 1. The van der Waals surface area contributed by atoms with Gasteiger partial charge in [0, 0.05) is 38.9 Å². The standard InChI is InChI=1S/C23H26FNO5/c1-15(26)25-11-10-21(17-4-6-19(24)7-5-17)18(13-25)14-29-20-8-9-22(28-3)23(12-20)30-16(2)27/h4-9,12,18,21H,10-11,13-14H2,1-3H3. The molecule has 0 radical (unpaired) electrons. The van der Waals surface area contributed by atoms with E-state index in [-0.39, 0.29) is 29.3 Å². The summed E-state index contributed by atoms with van der Waals surface area (Å²) in [7, 11) is 1.49. The van der Waals surface area contributed by atoms with Gasteiger partial charge < -0.3 is 19.1 Å². The van der Waals surface area contributed by atoms with E-state index in [1.54, 1.807) is 37.3 Å². The summed E-state index contributed by atoms with van der Waals surface area (Å²) in [6.45, 7) is 4.46. The van der Waals surface area contributed by atoms with Crippen LogP contribution in [0.4, 0.5) is 4.39 Å². The molecule has 2 aromatic carbocycles. The van der Waals surface area contributed by atoms with E-state index >= 15 is 0 Å². The highest BCUT2D eigenvalue weighted by atomic mass is 19.1. The van der Waals surface area contributed by atoms with Gasteiger partial charge in [-0.3, -0.25) is 9.59 Å². The van der Waals surface area contributed by atoms with Crippen molar-refractivity contribution in [2.75, 3.05) is 26.8 Å². The molecule has 7 heteroatoms. The first-order valence-corrected chi connectivity index (χ1v) is 9.87. The van der Waals surface area contributed by atoms with E-state index in [0.717, 1.165) is 12.0 Å². The van der Waals surface area contributed by atoms with E-state index in [1.165, 1.54) is 26.2 Å². The Balaban J connectivity index is 1.77. The first kappa shape index (κ1) is 21.6. The van der Waals surface area contributed by atoms with Gasteiger partial charge in [-0.15, -0.1) is 0 Å². The van der Waals surface area contributed by atoms with Crippen LogP contribution in [0.15, 0.2) is 42.5 Å². The summed E-state index contributed by atoms with van der Waals surface area (Å²) < 4.78 is 29.8. The van der Waals surface area contributed by atoms with Crippen LogP contribution in [0.3, 0.4) is 0 Å². The predicted octanol–water partition coefficient (Wildman–Crippen LogP) is 3.79. The number of hydrogen-bond donors (Lipinski definition) is 0. The summed E-state index contributed by atoms with van der Waals surface area (Å²) in [5.41, 5.74) is 1.03. The van der Waals surface area contributed by atoms with Crippen molar-refractivity contribution in [1.29, 1.82) is 0 Å². The van der Waals surface area contributed by atoms with Crippen molar-refractivity contribution < 1.29 is 28.2 Å². The largest absolute Gasteiger partial charge is 0.493 e. The fourth-order valence-corrected chi connectivity index (χ4v) is 3.82. The third-order valence-electron chi connectivity index (χ3n) is 5.33. The Morgan fingerprint density at radius 3 is 2.47 bits per heavy atom. The maximum atomic E-state index is 13.4. The molecule has 2 atom stereocenters. The van der Waals surface area contributed by atoms with Crippen LogP contribution in [-0.2, 0) is 9.59 Å². The minimum Gasteiger partial charge on any atom is -0.493 e. The molecule has 160 valence electrons. The molecule has 1 aliphatic heterocycles. The quantitative estimate of drug-likeness (QED) is 0.531. The van der Waals surface area contributed by atoms with Gasteiger partial charge in [-0.2, -0.15) is 0 Å². The minimum atomic E-state index is -0.453. The van der Waals surface area contributed by atoms with Crippen LogP contribution >= 0.6 is 0 Å². The monoisotopic (exact) mass is 415 g/mol. The summed E-state index contributed by atoms with van der Waals surface area (Å²) in [4.78, 5) is 25.0. The number of piperidine rings is 1. The molecule has 2 aromatic rings. The first-order valence-electron chi connectivity index (χ1n) is 9.87. The molecular formula is C23H26FNO5. The SMILES string of the molecule is COc1ccc(OCC2CN(C(C)=O)CCC2c2ccc(F)cc2)cc1OC(C)=O. The van der Waals surface area contributed by atoms with Gasteiger partial charge in [0.15, 0.2) is 11.5 Å². The molecule has 1 heterocycles. The highest BCUT2D eigenvalue weighted by Gasteiger charge is 2.32. The average Bonchev–Trinajstić information content (AvgIpc) is 2.72. The number of ether oxygens (including phenoxy) is 3. The average molecular weight is 415 g/mol. The fourth-order valence-electron chi connectivity index (χ4n) is 3.82. The molecule has 1 fully saturated rings. The van der Waals surface area contributed by atoms with Crippen molar-refractivity contribution in [2.24, 2.45) is 5.92 Å². The highest BCUT2D eigenvalue weighted by Crippen LogP contribution is 2.35. The van der Waals surface area contributed by atoms with Crippen LogP contribution in [-0.4, -0.2) is 43.6 Å². The summed E-state index contributed by atoms with van der Waals surface area (Å²) in [5, 5.41) is 0. The molecule has 2 unspecified atom stereocenters. The van der Waals surface area contributed by atoms with Crippen LogP contribution in [0, 0.1) is 11.7 Å². The predicted molar refractivity (Wildman–Crippen MR) is 109 cm³/mol. The van der Waals surface area contributed by atoms with Crippen molar-refractivity contribution >= 4 is 11.9 Å². The maximum absolute atomic E-state index is 13.4. The molecular weight excluding hydrogens is 389 g/mol. The second kappa shape index (κ2) is 9.61. The highest BCUT2D eigenvalue weighted by molar-refractivity contribution is 5.73. The molecule has 30 heavy (non-hydrogen) atoms. The zero-order chi connectivity index (χ0) is 21.7. The summed E-state index contributed by atoms with van der Waals surface area (Å²) in [6.07, 6.45) is 0.778. The molecule has 0 spiro atoms. The number of carbonyl (C=O) groups is 2. The second-order valence-electron chi connectivity index (χ2n) is 7.39. The molecule has 1 amide bonds. The Morgan fingerprint density at radius 1 is 1.10 bits per heavy atom. The molecule has 0 saturated carbocycles. The molecule has 1 saturated heterocycles. The molecule has 1 aliphatic rings. The molecule has 3 rings (SSSR count). The summed E-state index contributed by atoms with van der Waals surface area (Å²) >= 11 is 0. The van der Waals surface area contributed by atoms with Gasteiger partial charge in [0.1, 0.15) is 11.6 Å². The Hall–Kier alpha value is -3.09. The molecule has 0 aliphatic carbocycles. The first-order chi connectivity index (χ1) is 14.4. The van der Waals surface area contributed by atoms with Crippen molar-refractivity contribution in [1.82, 2.24) is 4.90 Å². The van der Waals surface area contributed by atoms with Gasteiger partial charge in [-0.1, -0.05) is 12.1 Å². The Labute approximate surface area is 175 Å². The van der Waals surface area contributed by atoms with Crippen molar-refractivity contribution in [3.8, 4) is 17.2 Å². The third-order valence-corrected chi connectivity index (χ3v) is 5.33. The zero-order valence-corrected chi connectivity index (χ0v) is 17.4.